The molecule has 1 aliphatic rings. The first-order valence-electron chi connectivity index (χ1n) is 8.97. The molecule has 24 heavy (non-hydrogen) atoms. The van der Waals surface area contributed by atoms with Crippen molar-refractivity contribution in [1.82, 2.24) is 5.32 Å². The maximum atomic E-state index is 12.8. The molecule has 1 amide bonds. The van der Waals surface area contributed by atoms with Gasteiger partial charge in [0.05, 0.1) is 12.0 Å². The van der Waals surface area contributed by atoms with Crippen LogP contribution in [0.4, 0.5) is 0 Å². The lowest BCUT2D eigenvalue weighted by Crippen LogP contribution is -2.45. The maximum absolute atomic E-state index is 12.8. The zero-order chi connectivity index (χ0) is 17.8. The van der Waals surface area contributed by atoms with E-state index in [1.54, 1.807) is 6.92 Å². The largest absolute Gasteiger partial charge is 0.466 e. The van der Waals surface area contributed by atoms with Crippen molar-refractivity contribution in [2.75, 3.05) is 19.8 Å². The number of carbonyl (C=O) groups is 1. The molecular weight excluding hydrogens is 306 g/mol. The normalized spacial score (nSPS) is 19.2. The summed E-state index contributed by atoms with van der Waals surface area (Å²) in [5.41, 5.74) is -0.751. The second-order valence-electron chi connectivity index (χ2n) is 7.22. The van der Waals surface area contributed by atoms with Crippen LogP contribution >= 0.6 is 0 Å². The van der Waals surface area contributed by atoms with Crippen molar-refractivity contribution in [2.24, 2.45) is 5.41 Å². The van der Waals surface area contributed by atoms with Gasteiger partial charge in [-0.1, -0.05) is 12.8 Å². The Kier molecular flexibility index (Phi) is 6.10. The van der Waals surface area contributed by atoms with E-state index in [4.69, 9.17) is 9.15 Å². The third-order valence-corrected chi connectivity index (χ3v) is 5.19. The monoisotopic (exact) mass is 337 g/mol. The summed E-state index contributed by atoms with van der Waals surface area (Å²) >= 11 is 0. The van der Waals surface area contributed by atoms with E-state index in [9.17, 15) is 9.90 Å². The van der Waals surface area contributed by atoms with E-state index in [1.165, 1.54) is 0 Å². The molecule has 1 aromatic rings. The first kappa shape index (κ1) is 19.0. The molecule has 1 unspecified atom stereocenters. The molecule has 0 saturated heterocycles. The van der Waals surface area contributed by atoms with Gasteiger partial charge in [0.2, 0.25) is 5.91 Å². The minimum atomic E-state index is -1.14. The Bertz CT molecular complexity index is 556. The Morgan fingerprint density at radius 1 is 1.42 bits per heavy atom. The van der Waals surface area contributed by atoms with Gasteiger partial charge < -0.3 is 19.6 Å². The lowest BCUT2D eigenvalue weighted by molar-refractivity contribution is -0.133. The van der Waals surface area contributed by atoms with Gasteiger partial charge in [0.25, 0.3) is 0 Å². The molecule has 2 N–H and O–H groups in total. The Hall–Kier alpha value is -1.33. The second kappa shape index (κ2) is 7.70. The summed E-state index contributed by atoms with van der Waals surface area (Å²) in [6, 6.07) is 1.84. The van der Waals surface area contributed by atoms with Crippen molar-refractivity contribution >= 4 is 5.91 Å². The molecule has 0 spiro atoms. The highest BCUT2D eigenvalue weighted by Gasteiger charge is 2.41. The van der Waals surface area contributed by atoms with Gasteiger partial charge in [-0.3, -0.25) is 4.79 Å². The van der Waals surface area contributed by atoms with Gasteiger partial charge in [0.15, 0.2) is 0 Å². The quantitative estimate of drug-likeness (QED) is 0.715. The van der Waals surface area contributed by atoms with Crippen LogP contribution in [0, 0.1) is 19.3 Å². The Morgan fingerprint density at radius 3 is 2.62 bits per heavy atom. The first-order valence-corrected chi connectivity index (χ1v) is 8.97. The summed E-state index contributed by atoms with van der Waals surface area (Å²) < 4.78 is 11.0. The smallest absolute Gasteiger partial charge is 0.226 e. The van der Waals surface area contributed by atoms with Crippen LogP contribution in [0.5, 0.6) is 0 Å². The van der Waals surface area contributed by atoms with Gasteiger partial charge in [-0.15, -0.1) is 0 Å². The second-order valence-corrected chi connectivity index (χ2v) is 7.22. The highest BCUT2D eigenvalue weighted by atomic mass is 16.5. The first-order chi connectivity index (χ1) is 11.3. The number of hydrogen-bond acceptors (Lipinski definition) is 4. The van der Waals surface area contributed by atoms with Crippen molar-refractivity contribution in [3.8, 4) is 0 Å². The van der Waals surface area contributed by atoms with E-state index in [-0.39, 0.29) is 17.9 Å². The number of hydrogen-bond donors (Lipinski definition) is 2. The Labute approximate surface area is 144 Å². The molecule has 1 aromatic heterocycles. The van der Waals surface area contributed by atoms with Crippen LogP contribution in [0.3, 0.4) is 0 Å². The summed E-state index contributed by atoms with van der Waals surface area (Å²) in [5, 5.41) is 13.8. The van der Waals surface area contributed by atoms with Crippen molar-refractivity contribution in [3.05, 3.63) is 23.2 Å². The van der Waals surface area contributed by atoms with Crippen LogP contribution in [0.1, 0.15) is 63.0 Å². The number of ether oxygens (including phenoxy) is 1. The van der Waals surface area contributed by atoms with E-state index in [0.717, 1.165) is 43.4 Å². The molecule has 136 valence electrons. The van der Waals surface area contributed by atoms with Gasteiger partial charge in [-0.2, -0.15) is 0 Å². The predicted octanol–water partition coefficient (Wildman–Crippen LogP) is 3.21. The van der Waals surface area contributed by atoms with Crippen LogP contribution in [-0.2, 0) is 15.1 Å². The average molecular weight is 337 g/mol. The number of carbonyl (C=O) groups excluding carboxylic acids is 1. The van der Waals surface area contributed by atoms with E-state index >= 15 is 0 Å². The molecule has 5 nitrogen and oxygen atoms in total. The number of furan rings is 1. The maximum Gasteiger partial charge on any atom is 0.226 e. The van der Waals surface area contributed by atoms with E-state index in [2.05, 4.69) is 5.32 Å². The third-order valence-electron chi connectivity index (χ3n) is 5.19. The fourth-order valence-electron chi connectivity index (χ4n) is 3.75. The van der Waals surface area contributed by atoms with E-state index < -0.39 is 5.60 Å². The molecule has 0 bridgehead atoms. The molecule has 1 heterocycles. The van der Waals surface area contributed by atoms with Gasteiger partial charge in [0, 0.05) is 18.8 Å². The number of aliphatic hydroxyl groups is 1. The lowest BCUT2D eigenvalue weighted by Gasteiger charge is -2.30. The minimum absolute atomic E-state index is 0.0397. The highest BCUT2D eigenvalue weighted by molar-refractivity contribution is 5.83. The highest BCUT2D eigenvalue weighted by Crippen LogP contribution is 2.41. The average Bonchev–Trinajstić information content (AvgIpc) is 3.13. The van der Waals surface area contributed by atoms with Crippen molar-refractivity contribution in [3.63, 3.8) is 0 Å². The van der Waals surface area contributed by atoms with Crippen LogP contribution < -0.4 is 5.32 Å². The molecule has 1 fully saturated rings. The van der Waals surface area contributed by atoms with Crippen LogP contribution in [-0.4, -0.2) is 30.8 Å². The SMILES string of the molecule is CCOCCC1(C(=O)NCC(C)(O)c2cc(C)oc2C)CCCC1. The molecule has 1 atom stereocenters. The number of nitrogens with one attached hydrogen (secondary N) is 1. The Morgan fingerprint density at radius 2 is 2.08 bits per heavy atom. The fraction of sp³-hybridized carbons (Fsp3) is 0.737. The number of amides is 1. The molecular formula is C19H31NO4. The minimum Gasteiger partial charge on any atom is -0.466 e. The number of aryl methyl sites for hydroxylation is 2. The molecule has 0 radical (unpaired) electrons. The fourth-order valence-corrected chi connectivity index (χ4v) is 3.75. The van der Waals surface area contributed by atoms with Crippen molar-refractivity contribution in [1.29, 1.82) is 0 Å². The van der Waals surface area contributed by atoms with E-state index in [0.29, 0.717) is 19.0 Å². The number of rotatable bonds is 8. The lowest BCUT2D eigenvalue weighted by atomic mass is 9.81. The molecule has 2 rings (SSSR count). The zero-order valence-corrected chi connectivity index (χ0v) is 15.4. The van der Waals surface area contributed by atoms with E-state index in [1.807, 2.05) is 26.8 Å². The van der Waals surface area contributed by atoms with Crippen molar-refractivity contribution in [2.45, 2.75) is 65.4 Å². The standard InChI is InChI=1S/C19H31NO4/c1-5-23-11-10-19(8-6-7-9-19)17(21)20-13-18(4,22)16-12-14(2)24-15(16)3/h12,22H,5-11,13H2,1-4H3,(H,20,21). The van der Waals surface area contributed by atoms with Gasteiger partial charge in [-0.05, 0) is 53.0 Å². The molecule has 5 heteroatoms. The zero-order valence-electron chi connectivity index (χ0n) is 15.4. The summed E-state index contributed by atoms with van der Waals surface area (Å²) in [6.07, 6.45) is 4.71. The summed E-state index contributed by atoms with van der Waals surface area (Å²) in [6.45, 7) is 8.83. The van der Waals surface area contributed by atoms with Gasteiger partial charge in [-0.25, -0.2) is 0 Å². The van der Waals surface area contributed by atoms with Gasteiger partial charge in [0.1, 0.15) is 17.1 Å². The summed E-state index contributed by atoms with van der Waals surface area (Å²) in [4.78, 5) is 12.8. The summed E-state index contributed by atoms with van der Waals surface area (Å²) in [5.74, 6) is 1.50. The van der Waals surface area contributed by atoms with Gasteiger partial charge >= 0.3 is 0 Å². The molecule has 0 aliphatic heterocycles. The topological polar surface area (TPSA) is 71.7 Å². The van der Waals surface area contributed by atoms with Crippen LogP contribution in [0.25, 0.3) is 0 Å². The summed E-state index contributed by atoms with van der Waals surface area (Å²) in [7, 11) is 0. The van der Waals surface area contributed by atoms with Crippen LogP contribution in [0.2, 0.25) is 0 Å². The predicted molar refractivity (Wildman–Crippen MR) is 92.8 cm³/mol. The molecule has 1 saturated carbocycles. The molecule has 1 aliphatic carbocycles. The Balaban J connectivity index is 2.00. The van der Waals surface area contributed by atoms with Crippen molar-refractivity contribution < 1.29 is 19.1 Å². The molecule has 0 aromatic carbocycles. The third kappa shape index (κ3) is 4.19. The van der Waals surface area contributed by atoms with Crippen LogP contribution in [0.15, 0.2) is 10.5 Å².